The van der Waals surface area contributed by atoms with E-state index in [0.717, 1.165) is 15.7 Å². The predicted octanol–water partition coefficient (Wildman–Crippen LogP) is 3.42. The van der Waals surface area contributed by atoms with Gasteiger partial charge in [0.15, 0.2) is 0 Å². The smallest absolute Gasteiger partial charge is 0.269 e. The molecular formula is C15H12BrN5O2. The fourth-order valence-electron chi connectivity index (χ4n) is 2.18. The highest BCUT2D eigenvalue weighted by molar-refractivity contribution is 9.10. The number of nitrogens with zero attached hydrogens (tertiary/aromatic N) is 5. The zero-order chi connectivity index (χ0) is 16.2. The van der Waals surface area contributed by atoms with E-state index in [2.05, 4.69) is 26.1 Å². The maximum atomic E-state index is 10.8. The van der Waals surface area contributed by atoms with E-state index >= 15 is 0 Å². The average Bonchev–Trinajstić information content (AvgIpc) is 3.07. The number of non-ortho nitro benzene ring substituents is 1. The van der Waals surface area contributed by atoms with Gasteiger partial charge in [-0.1, -0.05) is 28.1 Å². The van der Waals surface area contributed by atoms with Crippen molar-refractivity contribution in [2.75, 3.05) is 5.01 Å². The van der Waals surface area contributed by atoms with Crippen LogP contribution in [0.25, 0.3) is 0 Å². The number of nitro groups is 1. The monoisotopic (exact) mass is 373 g/mol. The van der Waals surface area contributed by atoms with Crippen LogP contribution in [0.4, 0.5) is 11.4 Å². The highest BCUT2D eigenvalue weighted by Gasteiger charge is 2.12. The Morgan fingerprint density at radius 2 is 1.83 bits per heavy atom. The van der Waals surface area contributed by atoms with Crippen LogP contribution in [0.5, 0.6) is 0 Å². The minimum atomic E-state index is -0.415. The van der Waals surface area contributed by atoms with Crippen LogP contribution < -0.4 is 5.01 Å². The van der Waals surface area contributed by atoms with Crippen LogP contribution >= 0.6 is 15.9 Å². The van der Waals surface area contributed by atoms with Crippen LogP contribution in [-0.4, -0.2) is 19.8 Å². The van der Waals surface area contributed by atoms with Gasteiger partial charge in [-0.05, 0) is 29.8 Å². The Balaban J connectivity index is 1.94. The fourth-order valence-corrected chi connectivity index (χ4v) is 2.63. The average molecular weight is 374 g/mol. The molecule has 0 aliphatic carbocycles. The van der Waals surface area contributed by atoms with E-state index in [4.69, 9.17) is 0 Å². The largest absolute Gasteiger partial charge is 0.274 e. The summed E-state index contributed by atoms with van der Waals surface area (Å²) in [6, 6.07) is 14.3. The molecule has 2 aromatic carbocycles. The second-order valence-electron chi connectivity index (χ2n) is 4.80. The Morgan fingerprint density at radius 3 is 2.43 bits per heavy atom. The lowest BCUT2D eigenvalue weighted by Gasteiger charge is -2.25. The van der Waals surface area contributed by atoms with E-state index in [1.165, 1.54) is 12.1 Å². The van der Waals surface area contributed by atoms with Crippen molar-refractivity contribution in [3.8, 4) is 0 Å². The van der Waals surface area contributed by atoms with E-state index in [-0.39, 0.29) is 5.69 Å². The van der Waals surface area contributed by atoms with Crippen molar-refractivity contribution >= 4 is 27.3 Å². The molecule has 0 aliphatic rings. The van der Waals surface area contributed by atoms with Crippen LogP contribution in [0.3, 0.4) is 0 Å². The second kappa shape index (κ2) is 6.57. The van der Waals surface area contributed by atoms with Gasteiger partial charge in [0.1, 0.15) is 12.7 Å². The zero-order valence-corrected chi connectivity index (χ0v) is 13.5. The van der Waals surface area contributed by atoms with Crippen LogP contribution in [0.15, 0.2) is 65.7 Å². The molecule has 3 aromatic rings. The lowest BCUT2D eigenvalue weighted by molar-refractivity contribution is -0.384. The van der Waals surface area contributed by atoms with Crippen molar-refractivity contribution in [2.24, 2.45) is 0 Å². The normalized spacial score (nSPS) is 10.5. The molecule has 3 rings (SSSR count). The standard InChI is InChI=1S/C15H12BrN5O2/c16-13-3-1-2-12(8-13)9-20(19-10-17-18-11-19)14-4-6-15(7-5-14)21(22)23/h1-8,10-11H,9H2. The SMILES string of the molecule is O=[N+]([O-])c1ccc(N(Cc2cccc(Br)c2)n2cnnc2)cc1. The topological polar surface area (TPSA) is 77.1 Å². The number of hydrogen-bond acceptors (Lipinski definition) is 5. The van der Waals surface area contributed by atoms with Crippen molar-refractivity contribution in [1.29, 1.82) is 0 Å². The van der Waals surface area contributed by atoms with Crippen LogP contribution in [-0.2, 0) is 6.54 Å². The first-order valence-electron chi connectivity index (χ1n) is 6.75. The zero-order valence-electron chi connectivity index (χ0n) is 11.9. The summed E-state index contributed by atoms with van der Waals surface area (Å²) in [6.45, 7) is 0.565. The van der Waals surface area contributed by atoms with Gasteiger partial charge in [0, 0.05) is 16.6 Å². The summed E-state index contributed by atoms with van der Waals surface area (Å²) >= 11 is 3.46. The number of hydrogen-bond donors (Lipinski definition) is 0. The molecule has 0 unspecified atom stereocenters. The maximum Gasteiger partial charge on any atom is 0.269 e. The van der Waals surface area contributed by atoms with Crippen molar-refractivity contribution in [3.05, 3.63) is 81.3 Å². The molecule has 0 spiro atoms. The van der Waals surface area contributed by atoms with Gasteiger partial charge < -0.3 is 0 Å². The van der Waals surface area contributed by atoms with E-state index in [0.29, 0.717) is 6.54 Å². The molecule has 7 nitrogen and oxygen atoms in total. The molecule has 1 aromatic heterocycles. The molecule has 0 atom stereocenters. The summed E-state index contributed by atoms with van der Waals surface area (Å²) in [5.41, 5.74) is 1.93. The summed E-state index contributed by atoms with van der Waals surface area (Å²) in [4.78, 5) is 10.4. The predicted molar refractivity (Wildman–Crippen MR) is 88.8 cm³/mol. The quantitative estimate of drug-likeness (QED) is 0.505. The summed E-state index contributed by atoms with van der Waals surface area (Å²) in [7, 11) is 0. The third-order valence-electron chi connectivity index (χ3n) is 3.27. The van der Waals surface area contributed by atoms with Gasteiger partial charge in [0.2, 0.25) is 0 Å². The number of rotatable bonds is 5. The number of nitro benzene ring substituents is 1. The molecule has 0 N–H and O–H groups in total. The van der Waals surface area contributed by atoms with Gasteiger partial charge in [-0.25, -0.2) is 4.68 Å². The van der Waals surface area contributed by atoms with Gasteiger partial charge in [-0.2, -0.15) is 0 Å². The Hall–Kier alpha value is -2.74. The highest BCUT2D eigenvalue weighted by Crippen LogP contribution is 2.22. The van der Waals surface area contributed by atoms with Crippen molar-refractivity contribution in [1.82, 2.24) is 14.9 Å². The van der Waals surface area contributed by atoms with Gasteiger partial charge >= 0.3 is 0 Å². The maximum absolute atomic E-state index is 10.8. The Kier molecular flexibility index (Phi) is 4.33. The minimum Gasteiger partial charge on any atom is -0.274 e. The number of anilines is 1. The number of halogens is 1. The molecule has 0 bridgehead atoms. The Labute approximate surface area is 140 Å². The summed E-state index contributed by atoms with van der Waals surface area (Å²) in [6.07, 6.45) is 3.17. The lowest BCUT2D eigenvalue weighted by atomic mass is 10.2. The third kappa shape index (κ3) is 3.54. The van der Waals surface area contributed by atoms with Gasteiger partial charge in [-0.15, -0.1) is 10.2 Å². The van der Waals surface area contributed by atoms with Gasteiger partial charge in [0.05, 0.1) is 17.2 Å². The van der Waals surface area contributed by atoms with Crippen molar-refractivity contribution in [2.45, 2.75) is 6.54 Å². The first-order chi connectivity index (χ1) is 11.1. The first-order valence-corrected chi connectivity index (χ1v) is 7.54. The van der Waals surface area contributed by atoms with Crippen molar-refractivity contribution < 1.29 is 4.92 Å². The molecule has 1 heterocycles. The van der Waals surface area contributed by atoms with Gasteiger partial charge in [0.25, 0.3) is 5.69 Å². The molecule has 0 fully saturated rings. The summed E-state index contributed by atoms with van der Waals surface area (Å²) in [5.74, 6) is 0. The molecule has 0 aliphatic heterocycles. The fraction of sp³-hybridized carbons (Fsp3) is 0.0667. The van der Waals surface area contributed by atoms with E-state index in [9.17, 15) is 10.1 Å². The number of benzene rings is 2. The molecule has 0 saturated heterocycles. The Bertz CT molecular complexity index is 805. The van der Waals surface area contributed by atoms with Gasteiger partial charge in [-0.3, -0.25) is 15.1 Å². The molecule has 0 radical (unpaired) electrons. The molecular weight excluding hydrogens is 362 g/mol. The molecule has 0 amide bonds. The first kappa shape index (κ1) is 15.2. The second-order valence-corrected chi connectivity index (χ2v) is 5.72. The lowest BCUT2D eigenvalue weighted by Crippen LogP contribution is -2.27. The molecule has 8 heteroatoms. The summed E-state index contributed by atoms with van der Waals surface area (Å²) in [5, 5.41) is 20.4. The van der Waals surface area contributed by atoms with E-state index in [1.54, 1.807) is 29.5 Å². The molecule has 23 heavy (non-hydrogen) atoms. The Morgan fingerprint density at radius 1 is 1.13 bits per heavy atom. The van der Waals surface area contributed by atoms with Crippen molar-refractivity contribution in [3.63, 3.8) is 0 Å². The molecule has 0 saturated carbocycles. The van der Waals surface area contributed by atoms with Crippen LogP contribution in [0.2, 0.25) is 0 Å². The van der Waals surface area contributed by atoms with Crippen LogP contribution in [0.1, 0.15) is 5.56 Å². The number of aromatic nitrogens is 3. The highest BCUT2D eigenvalue weighted by atomic mass is 79.9. The minimum absolute atomic E-state index is 0.0555. The van der Waals surface area contributed by atoms with Crippen LogP contribution in [0, 0.1) is 10.1 Å². The van der Waals surface area contributed by atoms with E-state index in [1.807, 2.05) is 29.3 Å². The van der Waals surface area contributed by atoms with E-state index < -0.39 is 4.92 Å². The summed E-state index contributed by atoms with van der Waals surface area (Å²) < 4.78 is 2.73. The molecule has 116 valence electrons. The third-order valence-corrected chi connectivity index (χ3v) is 3.76.